The van der Waals surface area contributed by atoms with Gasteiger partial charge in [-0.15, -0.1) is 0 Å². The number of carboxylic acid groups (broad SMARTS) is 1. The van der Waals surface area contributed by atoms with Gasteiger partial charge in [0.15, 0.2) is 5.78 Å². The Morgan fingerprint density at radius 3 is 2.50 bits per heavy atom. The van der Waals surface area contributed by atoms with E-state index in [4.69, 9.17) is 0 Å². The third-order valence-electron chi connectivity index (χ3n) is 5.09. The number of Topliss-reactive ketones (excluding diaryl/α,β-unsaturated/α-hetero) is 1. The number of aliphatic hydroxyl groups excluding tert-OH is 1. The minimum Gasteiger partial charge on any atom is -0.511 e. The normalized spacial score (nSPS) is 21.0. The van der Waals surface area contributed by atoms with Crippen LogP contribution in [0, 0.1) is 5.41 Å². The molecule has 1 atom stereocenters. The molecule has 0 spiro atoms. The Morgan fingerprint density at radius 1 is 1.11 bits per heavy atom. The lowest BCUT2D eigenvalue weighted by Gasteiger charge is -2.31. The van der Waals surface area contributed by atoms with E-state index in [0.717, 1.165) is 16.3 Å². The summed E-state index contributed by atoms with van der Waals surface area (Å²) in [6, 6.07) is 12.7. The van der Waals surface area contributed by atoms with Crippen molar-refractivity contribution in [1.82, 2.24) is 0 Å². The summed E-state index contributed by atoms with van der Waals surface area (Å²) >= 11 is 0. The van der Waals surface area contributed by atoms with Gasteiger partial charge in [-0.2, -0.15) is 0 Å². The lowest BCUT2D eigenvalue weighted by atomic mass is 9.73. The van der Waals surface area contributed by atoms with E-state index in [1.807, 2.05) is 56.3 Å². The Labute approximate surface area is 164 Å². The van der Waals surface area contributed by atoms with Gasteiger partial charge in [-0.25, -0.2) is 4.79 Å². The summed E-state index contributed by atoms with van der Waals surface area (Å²) in [5.74, 6) is -1.30. The number of ketones is 1. The van der Waals surface area contributed by atoms with Crippen molar-refractivity contribution in [2.45, 2.75) is 46.1 Å². The third-order valence-corrected chi connectivity index (χ3v) is 5.09. The van der Waals surface area contributed by atoms with Crippen LogP contribution in [0.5, 0.6) is 0 Å². The van der Waals surface area contributed by atoms with Crippen LogP contribution in [-0.2, 0) is 16.0 Å². The van der Waals surface area contributed by atoms with Gasteiger partial charge < -0.3 is 10.2 Å². The Morgan fingerprint density at radius 2 is 1.79 bits per heavy atom. The average molecular weight is 379 g/mol. The Balaban J connectivity index is 2.06. The highest BCUT2D eigenvalue weighted by atomic mass is 16.4. The van der Waals surface area contributed by atoms with Crippen molar-refractivity contribution in [3.05, 3.63) is 59.4 Å². The number of hydrogen-bond donors (Lipinski definition) is 2. The number of rotatable bonds is 4. The predicted molar refractivity (Wildman–Crippen MR) is 110 cm³/mol. The monoisotopic (exact) mass is 379 g/mol. The van der Waals surface area contributed by atoms with Gasteiger partial charge in [0.25, 0.3) is 0 Å². The van der Waals surface area contributed by atoms with Crippen molar-refractivity contribution >= 4 is 28.2 Å². The molecule has 0 saturated heterocycles. The Kier molecular flexibility index (Phi) is 5.36. The van der Waals surface area contributed by atoms with Crippen molar-refractivity contribution in [2.75, 3.05) is 0 Å². The van der Waals surface area contributed by atoms with E-state index in [9.17, 15) is 19.8 Å². The number of benzene rings is 2. The first-order chi connectivity index (χ1) is 13.2. The van der Waals surface area contributed by atoms with Crippen molar-refractivity contribution < 1.29 is 19.8 Å². The summed E-state index contributed by atoms with van der Waals surface area (Å²) in [4.78, 5) is 28.3. The number of nitrogens with zero attached hydrogens (tertiary/aromatic N) is 1. The van der Waals surface area contributed by atoms with E-state index in [1.165, 1.54) is 6.92 Å². The van der Waals surface area contributed by atoms with Gasteiger partial charge in [0.05, 0.1) is 11.3 Å². The molecule has 5 heteroatoms. The first-order valence-electron chi connectivity index (χ1n) is 9.40. The summed E-state index contributed by atoms with van der Waals surface area (Å²) in [6.45, 7) is 5.37. The smallest absolute Gasteiger partial charge is 0.328 e. The van der Waals surface area contributed by atoms with Crippen molar-refractivity contribution in [1.29, 1.82) is 0 Å². The second-order valence-corrected chi connectivity index (χ2v) is 8.17. The number of allylic oxidation sites excluding steroid dienone is 2. The summed E-state index contributed by atoms with van der Waals surface area (Å²) in [5.41, 5.74) is 1.15. The number of aliphatic imine (C=N–C) groups is 1. The second-order valence-electron chi connectivity index (χ2n) is 8.17. The van der Waals surface area contributed by atoms with Crippen molar-refractivity contribution in [3.8, 4) is 0 Å². The zero-order valence-corrected chi connectivity index (χ0v) is 16.4. The van der Waals surface area contributed by atoms with E-state index in [2.05, 4.69) is 4.99 Å². The zero-order chi connectivity index (χ0) is 20.5. The molecule has 0 amide bonds. The van der Waals surface area contributed by atoms with Gasteiger partial charge in [0.1, 0.15) is 11.8 Å². The molecule has 1 unspecified atom stereocenters. The molecule has 0 heterocycles. The molecule has 2 aromatic carbocycles. The van der Waals surface area contributed by atoms with Gasteiger partial charge in [0, 0.05) is 12.8 Å². The molecule has 0 aromatic heterocycles. The van der Waals surface area contributed by atoms with E-state index < -0.39 is 12.0 Å². The topological polar surface area (TPSA) is 87.0 Å². The maximum Gasteiger partial charge on any atom is 0.328 e. The number of hydrogen-bond acceptors (Lipinski definition) is 4. The van der Waals surface area contributed by atoms with Crippen LogP contribution in [0.1, 0.15) is 39.2 Å². The number of carbonyl (C=O) groups excluding carboxylic acids is 1. The number of carboxylic acids is 1. The lowest BCUT2D eigenvalue weighted by Crippen LogP contribution is -2.34. The molecular formula is C23H25NO4. The summed E-state index contributed by atoms with van der Waals surface area (Å²) in [7, 11) is 0. The van der Waals surface area contributed by atoms with E-state index >= 15 is 0 Å². The summed E-state index contributed by atoms with van der Waals surface area (Å²) in [5, 5.41) is 22.2. The molecule has 1 fully saturated rings. The number of aliphatic hydroxyl groups is 1. The lowest BCUT2D eigenvalue weighted by molar-refractivity contribution is -0.138. The first kappa shape index (κ1) is 19.8. The van der Waals surface area contributed by atoms with Gasteiger partial charge in [-0.05, 0) is 35.1 Å². The van der Waals surface area contributed by atoms with Gasteiger partial charge >= 0.3 is 5.97 Å². The molecule has 28 heavy (non-hydrogen) atoms. The van der Waals surface area contributed by atoms with Crippen LogP contribution in [0.3, 0.4) is 0 Å². The molecule has 3 rings (SSSR count). The van der Waals surface area contributed by atoms with Crippen LogP contribution in [0.2, 0.25) is 0 Å². The summed E-state index contributed by atoms with van der Waals surface area (Å²) < 4.78 is 0. The minimum atomic E-state index is -1.06. The molecule has 1 aliphatic carbocycles. The van der Waals surface area contributed by atoms with Gasteiger partial charge in [-0.3, -0.25) is 9.79 Å². The molecule has 1 aliphatic rings. The SMILES string of the molecule is CC(N=C1CC(C)(C)CC(=O)/C1=C(/O)Cc1cccc2ccccc12)C(=O)O. The summed E-state index contributed by atoms with van der Waals surface area (Å²) in [6.07, 6.45) is 0.941. The third kappa shape index (κ3) is 4.14. The highest BCUT2D eigenvalue weighted by Gasteiger charge is 2.36. The van der Waals surface area contributed by atoms with E-state index in [-0.39, 0.29) is 29.0 Å². The van der Waals surface area contributed by atoms with Crippen LogP contribution >= 0.6 is 0 Å². The van der Waals surface area contributed by atoms with Crippen molar-refractivity contribution in [3.63, 3.8) is 0 Å². The number of fused-ring (bicyclic) bond motifs is 1. The molecule has 2 N–H and O–H groups in total. The number of aliphatic carboxylic acids is 1. The van der Waals surface area contributed by atoms with E-state index in [0.29, 0.717) is 18.6 Å². The maximum absolute atomic E-state index is 12.8. The van der Waals surface area contributed by atoms with Crippen LogP contribution in [0.15, 0.2) is 58.8 Å². The molecular weight excluding hydrogens is 354 g/mol. The second kappa shape index (κ2) is 7.58. The van der Waals surface area contributed by atoms with Crippen molar-refractivity contribution in [2.24, 2.45) is 10.4 Å². The standard InChI is InChI=1S/C23H25NO4/c1-14(22(27)28)24-18-12-23(2,3)13-20(26)21(18)19(25)11-16-9-6-8-15-7-4-5-10-17(15)16/h4-10,14,25H,11-13H2,1-3H3,(H,27,28)/b21-19+,24-18?. The molecule has 2 aromatic rings. The van der Waals surface area contributed by atoms with Crippen LogP contribution in [0.4, 0.5) is 0 Å². The molecule has 0 aliphatic heterocycles. The molecule has 1 saturated carbocycles. The Hall–Kier alpha value is -2.95. The fourth-order valence-corrected chi connectivity index (χ4v) is 3.73. The largest absolute Gasteiger partial charge is 0.511 e. The molecule has 146 valence electrons. The number of carbonyl (C=O) groups is 2. The molecule has 0 radical (unpaired) electrons. The Bertz CT molecular complexity index is 995. The van der Waals surface area contributed by atoms with Gasteiger partial charge in [0.2, 0.25) is 0 Å². The van der Waals surface area contributed by atoms with Crippen LogP contribution in [0.25, 0.3) is 10.8 Å². The van der Waals surface area contributed by atoms with E-state index in [1.54, 1.807) is 0 Å². The fourth-order valence-electron chi connectivity index (χ4n) is 3.73. The first-order valence-corrected chi connectivity index (χ1v) is 9.40. The highest BCUT2D eigenvalue weighted by Crippen LogP contribution is 2.36. The fraction of sp³-hybridized carbons (Fsp3) is 0.348. The zero-order valence-electron chi connectivity index (χ0n) is 16.4. The van der Waals surface area contributed by atoms with Crippen LogP contribution in [-0.4, -0.2) is 33.7 Å². The van der Waals surface area contributed by atoms with Crippen LogP contribution < -0.4 is 0 Å². The highest BCUT2D eigenvalue weighted by molar-refractivity contribution is 6.25. The predicted octanol–water partition coefficient (Wildman–Crippen LogP) is 4.50. The maximum atomic E-state index is 12.8. The van der Waals surface area contributed by atoms with Gasteiger partial charge in [-0.1, -0.05) is 56.3 Å². The molecule has 0 bridgehead atoms. The average Bonchev–Trinajstić information content (AvgIpc) is 2.60. The quantitative estimate of drug-likeness (QED) is 0.605. The molecule has 5 nitrogen and oxygen atoms in total. The minimum absolute atomic E-state index is 0.0480.